The topological polar surface area (TPSA) is 75.6 Å². The Morgan fingerprint density at radius 1 is 1.41 bits per heavy atom. The SMILES string of the molecule is CC(C(=O)O)C(C)C(=O)NCCC1CCCO1. The van der Waals surface area contributed by atoms with E-state index >= 15 is 0 Å². The van der Waals surface area contributed by atoms with Gasteiger partial charge in [0.05, 0.1) is 12.0 Å². The van der Waals surface area contributed by atoms with Gasteiger partial charge in [0, 0.05) is 19.1 Å². The Morgan fingerprint density at radius 2 is 2.12 bits per heavy atom. The first-order chi connectivity index (χ1) is 8.02. The van der Waals surface area contributed by atoms with E-state index in [4.69, 9.17) is 9.84 Å². The van der Waals surface area contributed by atoms with E-state index in [2.05, 4.69) is 5.32 Å². The molecule has 3 atom stereocenters. The number of carboxylic acid groups (broad SMARTS) is 1. The Balaban J connectivity index is 2.21. The van der Waals surface area contributed by atoms with Crippen molar-refractivity contribution in [2.75, 3.05) is 13.2 Å². The lowest BCUT2D eigenvalue weighted by atomic mass is 9.95. The number of carbonyl (C=O) groups is 2. The van der Waals surface area contributed by atoms with Crippen LogP contribution in [0.2, 0.25) is 0 Å². The van der Waals surface area contributed by atoms with Crippen LogP contribution in [0, 0.1) is 11.8 Å². The molecule has 0 saturated carbocycles. The van der Waals surface area contributed by atoms with Gasteiger partial charge in [0.1, 0.15) is 0 Å². The normalized spacial score (nSPS) is 23.1. The number of carboxylic acids is 1. The lowest BCUT2D eigenvalue weighted by molar-refractivity contribution is -0.146. The summed E-state index contributed by atoms with van der Waals surface area (Å²) >= 11 is 0. The maximum Gasteiger partial charge on any atom is 0.307 e. The molecule has 0 bridgehead atoms. The molecule has 5 nitrogen and oxygen atoms in total. The Kier molecular flexibility index (Phi) is 5.41. The van der Waals surface area contributed by atoms with Crippen molar-refractivity contribution in [2.24, 2.45) is 11.8 Å². The van der Waals surface area contributed by atoms with Gasteiger partial charge < -0.3 is 15.2 Å². The van der Waals surface area contributed by atoms with Crippen molar-refractivity contribution < 1.29 is 19.4 Å². The summed E-state index contributed by atoms with van der Waals surface area (Å²) in [4.78, 5) is 22.4. The molecule has 0 aromatic rings. The highest BCUT2D eigenvalue weighted by Gasteiger charge is 2.25. The number of hydrogen-bond acceptors (Lipinski definition) is 3. The van der Waals surface area contributed by atoms with Gasteiger partial charge in [0.15, 0.2) is 0 Å². The van der Waals surface area contributed by atoms with Crippen LogP contribution >= 0.6 is 0 Å². The smallest absolute Gasteiger partial charge is 0.307 e. The minimum absolute atomic E-state index is 0.196. The molecule has 1 fully saturated rings. The highest BCUT2D eigenvalue weighted by atomic mass is 16.5. The molecule has 0 radical (unpaired) electrons. The number of nitrogens with one attached hydrogen (secondary N) is 1. The van der Waals surface area contributed by atoms with Gasteiger partial charge >= 0.3 is 5.97 Å². The van der Waals surface area contributed by atoms with Crippen molar-refractivity contribution in [3.8, 4) is 0 Å². The van der Waals surface area contributed by atoms with E-state index < -0.39 is 17.8 Å². The van der Waals surface area contributed by atoms with Crippen LogP contribution in [-0.2, 0) is 14.3 Å². The van der Waals surface area contributed by atoms with Gasteiger partial charge in [0.2, 0.25) is 5.91 Å². The van der Waals surface area contributed by atoms with Gasteiger partial charge in [-0.25, -0.2) is 0 Å². The number of aliphatic carboxylic acids is 1. The van der Waals surface area contributed by atoms with Crippen molar-refractivity contribution in [3.05, 3.63) is 0 Å². The predicted octanol–water partition coefficient (Wildman–Crippen LogP) is 1.03. The molecule has 1 aliphatic heterocycles. The lowest BCUT2D eigenvalue weighted by Gasteiger charge is -2.16. The van der Waals surface area contributed by atoms with Crippen LogP contribution in [-0.4, -0.2) is 36.2 Å². The van der Waals surface area contributed by atoms with Crippen LogP contribution in [0.1, 0.15) is 33.1 Å². The van der Waals surface area contributed by atoms with Gasteiger partial charge in [0.25, 0.3) is 0 Å². The van der Waals surface area contributed by atoms with Crippen LogP contribution in [0.5, 0.6) is 0 Å². The second-order valence-corrected chi connectivity index (χ2v) is 4.63. The van der Waals surface area contributed by atoms with Crippen molar-refractivity contribution in [3.63, 3.8) is 0 Å². The third-order valence-corrected chi connectivity index (χ3v) is 3.34. The summed E-state index contributed by atoms with van der Waals surface area (Å²) in [7, 11) is 0. The van der Waals surface area contributed by atoms with E-state index in [1.165, 1.54) is 0 Å². The molecule has 2 N–H and O–H groups in total. The summed E-state index contributed by atoms with van der Waals surface area (Å²) in [6, 6.07) is 0. The second kappa shape index (κ2) is 6.59. The molecular formula is C12H21NO4. The molecule has 0 spiro atoms. The van der Waals surface area contributed by atoms with Crippen LogP contribution in [0.15, 0.2) is 0 Å². The average molecular weight is 243 g/mol. The van der Waals surface area contributed by atoms with Crippen LogP contribution in [0.25, 0.3) is 0 Å². The van der Waals surface area contributed by atoms with E-state index in [1.54, 1.807) is 13.8 Å². The van der Waals surface area contributed by atoms with E-state index in [1.807, 2.05) is 0 Å². The quantitative estimate of drug-likeness (QED) is 0.730. The first kappa shape index (κ1) is 14.0. The number of rotatable bonds is 6. The van der Waals surface area contributed by atoms with E-state index in [-0.39, 0.29) is 12.0 Å². The molecule has 0 aliphatic carbocycles. The third-order valence-electron chi connectivity index (χ3n) is 3.34. The second-order valence-electron chi connectivity index (χ2n) is 4.63. The molecule has 1 saturated heterocycles. The summed E-state index contributed by atoms with van der Waals surface area (Å²) in [5, 5.41) is 11.6. The monoisotopic (exact) mass is 243 g/mol. The van der Waals surface area contributed by atoms with Crippen LogP contribution < -0.4 is 5.32 Å². The summed E-state index contributed by atoms with van der Waals surface area (Å²) in [6.45, 7) is 4.55. The molecule has 1 heterocycles. The third kappa shape index (κ3) is 4.34. The van der Waals surface area contributed by atoms with Gasteiger partial charge in [-0.05, 0) is 19.3 Å². The molecule has 5 heteroatoms. The number of carbonyl (C=O) groups excluding carboxylic acids is 1. The van der Waals surface area contributed by atoms with Gasteiger partial charge in [-0.3, -0.25) is 9.59 Å². The van der Waals surface area contributed by atoms with E-state index in [0.29, 0.717) is 6.54 Å². The van der Waals surface area contributed by atoms with Crippen molar-refractivity contribution in [1.29, 1.82) is 0 Å². The van der Waals surface area contributed by atoms with Crippen molar-refractivity contribution >= 4 is 11.9 Å². The van der Waals surface area contributed by atoms with Crippen molar-refractivity contribution in [2.45, 2.75) is 39.2 Å². The highest BCUT2D eigenvalue weighted by molar-refractivity contribution is 5.84. The molecule has 1 aliphatic rings. The Hall–Kier alpha value is -1.10. The molecular weight excluding hydrogens is 222 g/mol. The zero-order valence-electron chi connectivity index (χ0n) is 10.4. The fourth-order valence-corrected chi connectivity index (χ4v) is 1.83. The van der Waals surface area contributed by atoms with Gasteiger partial charge in [-0.2, -0.15) is 0 Å². The summed E-state index contributed by atoms with van der Waals surface area (Å²) in [5.74, 6) is -2.29. The maximum absolute atomic E-state index is 11.6. The summed E-state index contributed by atoms with van der Waals surface area (Å²) in [5.41, 5.74) is 0. The summed E-state index contributed by atoms with van der Waals surface area (Å²) < 4.78 is 5.44. The van der Waals surface area contributed by atoms with Gasteiger partial charge in [-0.1, -0.05) is 13.8 Å². The fraction of sp³-hybridized carbons (Fsp3) is 0.833. The molecule has 1 amide bonds. The zero-order valence-corrected chi connectivity index (χ0v) is 10.4. The Morgan fingerprint density at radius 3 is 2.65 bits per heavy atom. The largest absolute Gasteiger partial charge is 0.481 e. The molecule has 3 unspecified atom stereocenters. The standard InChI is InChI=1S/C12H21NO4/c1-8(9(2)12(15)16)11(14)13-6-5-10-4-3-7-17-10/h8-10H,3-7H2,1-2H3,(H,13,14)(H,15,16). The number of hydrogen-bond donors (Lipinski definition) is 2. The zero-order chi connectivity index (χ0) is 12.8. The minimum atomic E-state index is -0.938. The van der Waals surface area contributed by atoms with Crippen molar-refractivity contribution in [1.82, 2.24) is 5.32 Å². The number of ether oxygens (including phenoxy) is 1. The lowest BCUT2D eigenvalue weighted by Crippen LogP contribution is -2.36. The fourth-order valence-electron chi connectivity index (χ4n) is 1.83. The molecule has 1 rings (SSSR count). The average Bonchev–Trinajstić information content (AvgIpc) is 2.79. The van der Waals surface area contributed by atoms with E-state index in [9.17, 15) is 9.59 Å². The minimum Gasteiger partial charge on any atom is -0.481 e. The highest BCUT2D eigenvalue weighted by Crippen LogP contribution is 2.15. The molecule has 17 heavy (non-hydrogen) atoms. The first-order valence-corrected chi connectivity index (χ1v) is 6.14. The van der Waals surface area contributed by atoms with Gasteiger partial charge in [-0.15, -0.1) is 0 Å². The number of amides is 1. The molecule has 0 aromatic carbocycles. The maximum atomic E-state index is 11.6. The van der Waals surface area contributed by atoms with Crippen LogP contribution in [0.3, 0.4) is 0 Å². The predicted molar refractivity (Wildman–Crippen MR) is 62.6 cm³/mol. The Labute approximate surface area is 102 Å². The van der Waals surface area contributed by atoms with E-state index in [0.717, 1.165) is 25.9 Å². The summed E-state index contributed by atoms with van der Waals surface area (Å²) in [6.07, 6.45) is 3.20. The molecule has 98 valence electrons. The Bertz CT molecular complexity index is 274. The van der Waals surface area contributed by atoms with Crippen LogP contribution in [0.4, 0.5) is 0 Å². The first-order valence-electron chi connectivity index (χ1n) is 6.14. The molecule has 0 aromatic heterocycles.